The topological polar surface area (TPSA) is 75.4 Å². The number of thioether (sulfide) groups is 1. The molecule has 24 heavy (non-hydrogen) atoms. The van der Waals surface area contributed by atoms with Crippen LogP contribution in [-0.4, -0.2) is 31.7 Å². The summed E-state index contributed by atoms with van der Waals surface area (Å²) in [6.07, 6.45) is 0. The van der Waals surface area contributed by atoms with Crippen LogP contribution in [0.15, 0.2) is 53.4 Å². The fourth-order valence-corrected chi connectivity index (χ4v) is 2.91. The average Bonchev–Trinajstić information content (AvgIpc) is 2.58. The van der Waals surface area contributed by atoms with E-state index in [2.05, 4.69) is 5.32 Å². The summed E-state index contributed by atoms with van der Waals surface area (Å²) in [6.45, 7) is 0.446. The van der Waals surface area contributed by atoms with Crippen molar-refractivity contribution in [1.82, 2.24) is 5.32 Å². The molecular formula is C18H21N3O2S. The van der Waals surface area contributed by atoms with Gasteiger partial charge in [-0.25, -0.2) is 0 Å². The Morgan fingerprint density at radius 2 is 1.75 bits per heavy atom. The van der Waals surface area contributed by atoms with E-state index in [4.69, 9.17) is 5.73 Å². The second kappa shape index (κ2) is 8.40. The van der Waals surface area contributed by atoms with Gasteiger partial charge >= 0.3 is 0 Å². The largest absolute Gasteiger partial charge is 0.378 e. The molecule has 3 N–H and O–H groups in total. The molecule has 0 spiro atoms. The summed E-state index contributed by atoms with van der Waals surface area (Å²) < 4.78 is 0. The SMILES string of the molecule is CN(C)c1ccc(CNC(=O)c2ccccc2SCC(N)=O)cc1. The molecule has 0 aliphatic carbocycles. The van der Waals surface area contributed by atoms with Crippen molar-refractivity contribution in [2.24, 2.45) is 5.73 Å². The van der Waals surface area contributed by atoms with Gasteiger partial charge in [-0.1, -0.05) is 24.3 Å². The Kier molecular flexibility index (Phi) is 6.26. The molecule has 2 aromatic rings. The molecule has 0 saturated carbocycles. The Hall–Kier alpha value is -2.47. The zero-order chi connectivity index (χ0) is 17.5. The molecular weight excluding hydrogens is 322 g/mol. The normalized spacial score (nSPS) is 10.2. The van der Waals surface area contributed by atoms with Gasteiger partial charge in [0.25, 0.3) is 5.91 Å². The number of rotatable bonds is 7. The number of amides is 2. The van der Waals surface area contributed by atoms with Gasteiger partial charge in [0.2, 0.25) is 5.91 Å². The highest BCUT2D eigenvalue weighted by atomic mass is 32.2. The first-order valence-corrected chi connectivity index (χ1v) is 8.50. The van der Waals surface area contributed by atoms with Gasteiger partial charge in [-0.15, -0.1) is 11.8 Å². The molecule has 2 amide bonds. The first-order valence-electron chi connectivity index (χ1n) is 7.52. The van der Waals surface area contributed by atoms with Crippen LogP contribution in [0.25, 0.3) is 0 Å². The van der Waals surface area contributed by atoms with E-state index in [-0.39, 0.29) is 11.7 Å². The third kappa shape index (κ3) is 5.03. The molecule has 5 nitrogen and oxygen atoms in total. The van der Waals surface area contributed by atoms with Gasteiger partial charge in [-0.05, 0) is 29.8 Å². The van der Waals surface area contributed by atoms with E-state index in [1.54, 1.807) is 12.1 Å². The highest BCUT2D eigenvalue weighted by Crippen LogP contribution is 2.22. The van der Waals surface area contributed by atoms with Gasteiger partial charge in [0, 0.05) is 31.2 Å². The lowest BCUT2D eigenvalue weighted by atomic mass is 10.1. The molecule has 2 rings (SSSR count). The van der Waals surface area contributed by atoms with Crippen LogP contribution in [0, 0.1) is 0 Å². The number of nitrogens with zero attached hydrogens (tertiary/aromatic N) is 1. The number of benzene rings is 2. The summed E-state index contributed by atoms with van der Waals surface area (Å²) in [5.74, 6) is -0.425. The molecule has 0 heterocycles. The Morgan fingerprint density at radius 1 is 1.08 bits per heavy atom. The van der Waals surface area contributed by atoms with E-state index < -0.39 is 5.91 Å². The average molecular weight is 343 g/mol. The quantitative estimate of drug-likeness (QED) is 0.756. The molecule has 0 bridgehead atoms. The lowest BCUT2D eigenvalue weighted by molar-refractivity contribution is -0.115. The number of hydrogen-bond donors (Lipinski definition) is 2. The maximum Gasteiger partial charge on any atom is 0.252 e. The van der Waals surface area contributed by atoms with Crippen LogP contribution in [-0.2, 0) is 11.3 Å². The van der Waals surface area contributed by atoms with E-state index in [0.717, 1.165) is 16.1 Å². The van der Waals surface area contributed by atoms with E-state index in [1.807, 2.05) is 55.4 Å². The summed E-state index contributed by atoms with van der Waals surface area (Å²) in [6, 6.07) is 15.2. The van der Waals surface area contributed by atoms with Gasteiger partial charge in [-0.2, -0.15) is 0 Å². The minimum Gasteiger partial charge on any atom is -0.378 e. The predicted octanol–water partition coefficient (Wildman–Crippen LogP) is 2.26. The Balaban J connectivity index is 2.00. The number of carbonyl (C=O) groups excluding carboxylic acids is 2. The molecule has 0 aliphatic heterocycles. The predicted molar refractivity (Wildman–Crippen MR) is 98.3 cm³/mol. The standard InChI is InChI=1S/C18H21N3O2S/c1-21(2)14-9-7-13(8-10-14)11-20-18(23)15-5-3-4-6-16(15)24-12-17(19)22/h3-10H,11-12H2,1-2H3,(H2,19,22)(H,20,23). The maximum atomic E-state index is 12.4. The molecule has 0 aliphatic rings. The molecule has 6 heteroatoms. The van der Waals surface area contributed by atoms with Gasteiger partial charge in [0.15, 0.2) is 0 Å². The molecule has 0 unspecified atom stereocenters. The van der Waals surface area contributed by atoms with Crippen molar-refractivity contribution in [2.45, 2.75) is 11.4 Å². The second-order valence-electron chi connectivity index (χ2n) is 5.49. The van der Waals surface area contributed by atoms with Crippen molar-refractivity contribution in [3.63, 3.8) is 0 Å². The van der Waals surface area contributed by atoms with Crippen LogP contribution in [0.1, 0.15) is 15.9 Å². The second-order valence-corrected chi connectivity index (χ2v) is 6.51. The van der Waals surface area contributed by atoms with Crippen molar-refractivity contribution in [3.8, 4) is 0 Å². The summed E-state index contributed by atoms with van der Waals surface area (Å²) in [5, 5.41) is 2.91. The summed E-state index contributed by atoms with van der Waals surface area (Å²) in [4.78, 5) is 26.1. The minimum atomic E-state index is -0.406. The van der Waals surface area contributed by atoms with Crippen LogP contribution < -0.4 is 16.0 Å². The van der Waals surface area contributed by atoms with Crippen molar-refractivity contribution in [2.75, 3.05) is 24.7 Å². The molecule has 0 radical (unpaired) electrons. The minimum absolute atomic E-state index is 0.149. The van der Waals surface area contributed by atoms with Crippen molar-refractivity contribution in [1.29, 1.82) is 0 Å². The Labute approximate surface area is 146 Å². The van der Waals surface area contributed by atoms with E-state index in [1.165, 1.54) is 11.8 Å². The number of primary amides is 1. The number of hydrogen-bond acceptors (Lipinski definition) is 4. The van der Waals surface area contributed by atoms with Gasteiger partial charge < -0.3 is 16.0 Å². The van der Waals surface area contributed by atoms with E-state index in [0.29, 0.717) is 12.1 Å². The van der Waals surface area contributed by atoms with Crippen LogP contribution in [0.3, 0.4) is 0 Å². The highest BCUT2D eigenvalue weighted by Gasteiger charge is 2.11. The lowest BCUT2D eigenvalue weighted by Crippen LogP contribution is -2.23. The molecule has 0 aromatic heterocycles. The first kappa shape index (κ1) is 17.9. The summed E-state index contributed by atoms with van der Waals surface area (Å²) in [5.41, 5.74) is 7.85. The van der Waals surface area contributed by atoms with Crippen LogP contribution in [0.5, 0.6) is 0 Å². The van der Waals surface area contributed by atoms with Crippen LogP contribution in [0.4, 0.5) is 5.69 Å². The van der Waals surface area contributed by atoms with Gasteiger partial charge in [0.1, 0.15) is 0 Å². The van der Waals surface area contributed by atoms with Crippen molar-refractivity contribution < 1.29 is 9.59 Å². The number of carbonyl (C=O) groups is 2. The molecule has 0 saturated heterocycles. The van der Waals surface area contributed by atoms with Crippen molar-refractivity contribution in [3.05, 3.63) is 59.7 Å². The fourth-order valence-electron chi connectivity index (χ4n) is 2.12. The van der Waals surface area contributed by atoms with Gasteiger partial charge in [0.05, 0.1) is 11.3 Å². The maximum absolute atomic E-state index is 12.4. The van der Waals surface area contributed by atoms with Gasteiger partial charge in [-0.3, -0.25) is 9.59 Å². The zero-order valence-electron chi connectivity index (χ0n) is 13.8. The zero-order valence-corrected chi connectivity index (χ0v) is 14.6. The third-order valence-corrected chi connectivity index (χ3v) is 4.50. The van der Waals surface area contributed by atoms with Crippen LogP contribution in [0.2, 0.25) is 0 Å². The van der Waals surface area contributed by atoms with E-state index in [9.17, 15) is 9.59 Å². The number of anilines is 1. The van der Waals surface area contributed by atoms with Crippen molar-refractivity contribution >= 4 is 29.3 Å². The fraction of sp³-hybridized carbons (Fsp3) is 0.222. The molecule has 0 atom stereocenters. The van der Waals surface area contributed by atoms with E-state index >= 15 is 0 Å². The number of nitrogens with one attached hydrogen (secondary N) is 1. The lowest BCUT2D eigenvalue weighted by Gasteiger charge is -2.13. The third-order valence-electron chi connectivity index (χ3n) is 3.41. The Morgan fingerprint density at radius 3 is 2.38 bits per heavy atom. The smallest absolute Gasteiger partial charge is 0.252 e. The molecule has 0 fully saturated rings. The first-order chi connectivity index (χ1) is 11.5. The molecule has 126 valence electrons. The summed E-state index contributed by atoms with van der Waals surface area (Å²) in [7, 11) is 3.97. The number of nitrogens with two attached hydrogens (primary N) is 1. The summed E-state index contributed by atoms with van der Waals surface area (Å²) >= 11 is 1.27. The molecule has 2 aromatic carbocycles. The Bertz CT molecular complexity index is 714. The van der Waals surface area contributed by atoms with Crippen LogP contribution >= 0.6 is 11.8 Å². The monoisotopic (exact) mass is 343 g/mol. The highest BCUT2D eigenvalue weighted by molar-refractivity contribution is 8.00.